The highest BCUT2D eigenvalue weighted by atomic mass is 16.3. The van der Waals surface area contributed by atoms with Gasteiger partial charge in [0.05, 0.1) is 12.3 Å². The number of aromatic nitrogens is 2. The van der Waals surface area contributed by atoms with E-state index < -0.39 is 0 Å². The Kier molecular flexibility index (Phi) is 2.28. The summed E-state index contributed by atoms with van der Waals surface area (Å²) in [6, 6.07) is 1.60. The van der Waals surface area contributed by atoms with Crippen LogP contribution in [0.5, 0.6) is 0 Å². The molecule has 2 aromatic heterocycles. The van der Waals surface area contributed by atoms with E-state index in [-0.39, 0.29) is 6.04 Å². The van der Waals surface area contributed by atoms with Crippen LogP contribution < -0.4 is 5.73 Å². The quantitative estimate of drug-likeness (QED) is 0.776. The van der Waals surface area contributed by atoms with E-state index in [9.17, 15) is 0 Å². The van der Waals surface area contributed by atoms with E-state index in [2.05, 4.69) is 9.97 Å². The Morgan fingerprint density at radius 3 is 2.64 bits per heavy atom. The predicted molar refractivity (Wildman–Crippen MR) is 51.5 cm³/mol. The molecule has 2 heterocycles. The van der Waals surface area contributed by atoms with Gasteiger partial charge in [0.2, 0.25) is 0 Å². The van der Waals surface area contributed by atoms with Crippen molar-refractivity contribution in [1.29, 1.82) is 0 Å². The van der Waals surface area contributed by atoms with Crippen LogP contribution in [0.1, 0.15) is 22.9 Å². The molecule has 2 aromatic rings. The van der Waals surface area contributed by atoms with Crippen LogP contribution in [0, 0.1) is 6.92 Å². The standard InChI is InChI=1S/C10H11N3O/c1-7-2-3-14-10(7)9(11)8-4-12-6-13-5-8/h2-6,9H,11H2,1H3. The Labute approximate surface area is 81.8 Å². The van der Waals surface area contributed by atoms with Gasteiger partial charge >= 0.3 is 0 Å². The molecule has 4 nitrogen and oxygen atoms in total. The van der Waals surface area contributed by atoms with Crippen molar-refractivity contribution < 1.29 is 4.42 Å². The van der Waals surface area contributed by atoms with Crippen LogP contribution in [0.4, 0.5) is 0 Å². The highest BCUT2D eigenvalue weighted by Gasteiger charge is 2.14. The van der Waals surface area contributed by atoms with Crippen molar-refractivity contribution in [2.75, 3.05) is 0 Å². The Morgan fingerprint density at radius 2 is 2.07 bits per heavy atom. The summed E-state index contributed by atoms with van der Waals surface area (Å²) < 4.78 is 5.30. The summed E-state index contributed by atoms with van der Waals surface area (Å²) in [5, 5.41) is 0. The first kappa shape index (κ1) is 8.90. The second-order valence-corrected chi connectivity index (χ2v) is 3.12. The summed E-state index contributed by atoms with van der Waals surface area (Å²) >= 11 is 0. The lowest BCUT2D eigenvalue weighted by molar-refractivity contribution is 0.486. The zero-order valence-corrected chi connectivity index (χ0v) is 7.84. The first-order valence-corrected chi connectivity index (χ1v) is 4.33. The zero-order valence-electron chi connectivity index (χ0n) is 7.84. The lowest BCUT2D eigenvalue weighted by Crippen LogP contribution is -2.12. The minimum absolute atomic E-state index is 0.286. The predicted octanol–water partition coefficient (Wildman–Crippen LogP) is 1.43. The molecule has 0 spiro atoms. The number of rotatable bonds is 2. The number of aryl methyl sites for hydroxylation is 1. The normalized spacial score (nSPS) is 12.7. The van der Waals surface area contributed by atoms with Gasteiger partial charge in [0.15, 0.2) is 0 Å². The molecule has 72 valence electrons. The van der Waals surface area contributed by atoms with E-state index in [1.807, 2.05) is 13.0 Å². The van der Waals surface area contributed by atoms with Gasteiger partial charge in [0.1, 0.15) is 12.1 Å². The van der Waals surface area contributed by atoms with Gasteiger partial charge in [0, 0.05) is 18.0 Å². The van der Waals surface area contributed by atoms with Crippen molar-refractivity contribution in [3.8, 4) is 0 Å². The van der Waals surface area contributed by atoms with Crippen molar-refractivity contribution in [2.24, 2.45) is 5.73 Å². The maximum atomic E-state index is 5.99. The van der Waals surface area contributed by atoms with Crippen LogP contribution in [0.25, 0.3) is 0 Å². The van der Waals surface area contributed by atoms with Crippen LogP contribution in [0.15, 0.2) is 35.5 Å². The first-order chi connectivity index (χ1) is 6.79. The largest absolute Gasteiger partial charge is 0.467 e. The van der Waals surface area contributed by atoms with Gasteiger partial charge in [-0.05, 0) is 18.6 Å². The molecule has 0 radical (unpaired) electrons. The van der Waals surface area contributed by atoms with Crippen LogP contribution in [-0.2, 0) is 0 Å². The van der Waals surface area contributed by atoms with E-state index in [1.54, 1.807) is 18.7 Å². The maximum absolute atomic E-state index is 5.99. The molecule has 0 aliphatic carbocycles. The molecule has 1 atom stereocenters. The molecule has 0 fully saturated rings. The number of hydrogen-bond acceptors (Lipinski definition) is 4. The molecular formula is C10H11N3O. The summed E-state index contributed by atoms with van der Waals surface area (Å²) in [7, 11) is 0. The SMILES string of the molecule is Cc1ccoc1C(N)c1cncnc1. The fraction of sp³-hybridized carbons (Fsp3) is 0.200. The lowest BCUT2D eigenvalue weighted by Gasteiger charge is -2.08. The molecule has 0 aliphatic heterocycles. The number of hydrogen-bond donors (Lipinski definition) is 1. The Bertz CT molecular complexity index is 410. The second-order valence-electron chi connectivity index (χ2n) is 3.12. The maximum Gasteiger partial charge on any atom is 0.128 e. The van der Waals surface area contributed by atoms with Crippen molar-refractivity contribution in [2.45, 2.75) is 13.0 Å². The molecule has 0 saturated carbocycles. The van der Waals surface area contributed by atoms with Crippen LogP contribution in [0.3, 0.4) is 0 Å². The molecular weight excluding hydrogens is 178 g/mol. The van der Waals surface area contributed by atoms with Gasteiger partial charge < -0.3 is 10.2 Å². The minimum atomic E-state index is -0.286. The number of nitrogens with zero attached hydrogens (tertiary/aromatic N) is 2. The third-order valence-corrected chi connectivity index (χ3v) is 2.12. The van der Waals surface area contributed by atoms with Crippen LogP contribution in [0.2, 0.25) is 0 Å². The molecule has 0 amide bonds. The lowest BCUT2D eigenvalue weighted by atomic mass is 10.1. The van der Waals surface area contributed by atoms with Gasteiger partial charge in [-0.3, -0.25) is 0 Å². The molecule has 4 heteroatoms. The van der Waals surface area contributed by atoms with E-state index in [0.29, 0.717) is 0 Å². The molecule has 2 N–H and O–H groups in total. The fourth-order valence-electron chi connectivity index (χ4n) is 1.33. The molecule has 0 bridgehead atoms. The monoisotopic (exact) mass is 189 g/mol. The summed E-state index contributed by atoms with van der Waals surface area (Å²) in [5.41, 5.74) is 7.88. The van der Waals surface area contributed by atoms with Gasteiger partial charge in [-0.15, -0.1) is 0 Å². The molecule has 1 unspecified atom stereocenters. The molecule has 0 aliphatic rings. The van der Waals surface area contributed by atoms with Crippen molar-refractivity contribution >= 4 is 0 Å². The Morgan fingerprint density at radius 1 is 1.36 bits per heavy atom. The fourth-order valence-corrected chi connectivity index (χ4v) is 1.33. The number of nitrogens with two attached hydrogens (primary N) is 1. The van der Waals surface area contributed by atoms with Gasteiger partial charge in [0.25, 0.3) is 0 Å². The summed E-state index contributed by atoms with van der Waals surface area (Å²) in [6.45, 7) is 1.96. The summed E-state index contributed by atoms with van der Waals surface area (Å²) in [6.07, 6.45) is 6.50. The second kappa shape index (κ2) is 3.59. The highest BCUT2D eigenvalue weighted by Crippen LogP contribution is 2.21. The van der Waals surface area contributed by atoms with E-state index in [4.69, 9.17) is 10.2 Å². The molecule has 0 aromatic carbocycles. The summed E-state index contributed by atoms with van der Waals surface area (Å²) in [5.74, 6) is 0.764. The first-order valence-electron chi connectivity index (χ1n) is 4.33. The van der Waals surface area contributed by atoms with E-state index in [1.165, 1.54) is 6.33 Å². The van der Waals surface area contributed by atoms with E-state index in [0.717, 1.165) is 16.9 Å². The third kappa shape index (κ3) is 1.52. The van der Waals surface area contributed by atoms with Gasteiger partial charge in [-0.2, -0.15) is 0 Å². The highest BCUT2D eigenvalue weighted by molar-refractivity contribution is 5.26. The topological polar surface area (TPSA) is 64.9 Å². The zero-order chi connectivity index (χ0) is 9.97. The molecule has 14 heavy (non-hydrogen) atoms. The average molecular weight is 189 g/mol. The van der Waals surface area contributed by atoms with Gasteiger partial charge in [-0.25, -0.2) is 9.97 Å². The van der Waals surface area contributed by atoms with Crippen LogP contribution in [-0.4, -0.2) is 9.97 Å². The Hall–Kier alpha value is -1.68. The summed E-state index contributed by atoms with van der Waals surface area (Å²) in [4.78, 5) is 7.83. The van der Waals surface area contributed by atoms with Crippen molar-refractivity contribution in [1.82, 2.24) is 9.97 Å². The van der Waals surface area contributed by atoms with Crippen molar-refractivity contribution in [3.63, 3.8) is 0 Å². The average Bonchev–Trinajstić information content (AvgIpc) is 2.65. The molecule has 0 saturated heterocycles. The third-order valence-electron chi connectivity index (χ3n) is 2.12. The smallest absolute Gasteiger partial charge is 0.128 e. The van der Waals surface area contributed by atoms with Crippen molar-refractivity contribution in [3.05, 3.63) is 47.9 Å². The van der Waals surface area contributed by atoms with E-state index >= 15 is 0 Å². The minimum Gasteiger partial charge on any atom is -0.467 e. The van der Waals surface area contributed by atoms with Gasteiger partial charge in [-0.1, -0.05) is 0 Å². The Balaban J connectivity index is 2.34. The number of furan rings is 1. The van der Waals surface area contributed by atoms with Crippen LogP contribution >= 0.6 is 0 Å². The molecule has 2 rings (SSSR count).